The van der Waals surface area contributed by atoms with Gasteiger partial charge in [0.1, 0.15) is 5.75 Å². The predicted octanol–water partition coefficient (Wildman–Crippen LogP) is 3.40. The van der Waals surface area contributed by atoms with E-state index < -0.39 is 12.8 Å². The number of nitrogens with zero attached hydrogens (tertiary/aromatic N) is 1. The summed E-state index contributed by atoms with van der Waals surface area (Å²) in [5, 5.41) is 6.33. The van der Waals surface area contributed by atoms with Crippen molar-refractivity contribution in [1.82, 2.24) is 10.6 Å². The van der Waals surface area contributed by atoms with Crippen LogP contribution >= 0.6 is 0 Å². The Balaban J connectivity index is 1.89. The molecule has 4 nitrogen and oxygen atoms in total. The maximum Gasteiger partial charge on any atom is 0.422 e. The van der Waals surface area contributed by atoms with Crippen molar-refractivity contribution in [1.29, 1.82) is 0 Å². The van der Waals surface area contributed by atoms with E-state index in [0.29, 0.717) is 18.1 Å². The molecule has 1 aromatic carbocycles. The number of ether oxygens (including phenoxy) is 1. The largest absolute Gasteiger partial charge is 0.484 e. The Morgan fingerprint density at radius 2 is 2.04 bits per heavy atom. The van der Waals surface area contributed by atoms with Crippen molar-refractivity contribution in [2.24, 2.45) is 10.9 Å². The molecule has 0 bridgehead atoms. The third-order valence-corrected chi connectivity index (χ3v) is 3.83. The van der Waals surface area contributed by atoms with E-state index in [1.807, 2.05) is 13.0 Å². The summed E-state index contributed by atoms with van der Waals surface area (Å²) in [4.78, 5) is 4.13. The van der Waals surface area contributed by atoms with Crippen LogP contribution < -0.4 is 15.4 Å². The molecule has 0 aromatic heterocycles. The number of hydrogen-bond acceptors (Lipinski definition) is 2. The Morgan fingerprint density at radius 1 is 1.29 bits per heavy atom. The fraction of sp³-hybridized carbons (Fsp3) is 0.588. The van der Waals surface area contributed by atoms with E-state index in [4.69, 9.17) is 4.74 Å². The van der Waals surface area contributed by atoms with Crippen molar-refractivity contribution in [2.75, 3.05) is 20.2 Å². The average Bonchev–Trinajstić information content (AvgIpc) is 3.33. The molecule has 1 saturated carbocycles. The van der Waals surface area contributed by atoms with Crippen molar-refractivity contribution in [2.45, 2.75) is 38.9 Å². The lowest BCUT2D eigenvalue weighted by Crippen LogP contribution is -2.37. The Hall–Kier alpha value is -1.92. The number of hydrogen-bond donors (Lipinski definition) is 2. The number of aryl methyl sites for hydroxylation is 1. The van der Waals surface area contributed by atoms with Gasteiger partial charge in [0.2, 0.25) is 0 Å². The van der Waals surface area contributed by atoms with Gasteiger partial charge in [0.25, 0.3) is 0 Å². The van der Waals surface area contributed by atoms with Gasteiger partial charge in [0.15, 0.2) is 12.6 Å². The highest BCUT2D eigenvalue weighted by Crippen LogP contribution is 2.31. The van der Waals surface area contributed by atoms with E-state index in [0.717, 1.165) is 24.4 Å². The maximum absolute atomic E-state index is 12.4. The molecule has 24 heavy (non-hydrogen) atoms. The lowest BCUT2D eigenvalue weighted by molar-refractivity contribution is -0.153. The summed E-state index contributed by atoms with van der Waals surface area (Å²) >= 11 is 0. The molecule has 0 radical (unpaired) electrons. The number of rotatable bonds is 7. The summed E-state index contributed by atoms with van der Waals surface area (Å²) in [6.07, 6.45) is -0.631. The number of alkyl halides is 3. The Labute approximate surface area is 140 Å². The quantitative estimate of drug-likeness (QED) is 0.589. The molecule has 2 rings (SSSR count). The number of aliphatic imine (C=N–C) groups is 1. The van der Waals surface area contributed by atoms with Gasteiger partial charge in [-0.3, -0.25) is 4.99 Å². The molecule has 0 spiro atoms. The van der Waals surface area contributed by atoms with Crippen LogP contribution in [0.1, 0.15) is 30.4 Å². The highest BCUT2D eigenvalue weighted by Gasteiger charge is 2.28. The normalized spacial score (nSPS) is 15.3. The standard InChI is InChI=1S/C17H24F3N3O/c1-12-3-6-14(15(9-12)24-11-17(18,19)20)10-23-16(21-2)22-8-7-13-4-5-13/h3,6,9,13H,4-5,7-8,10-11H2,1-2H3,(H2,21,22,23). The summed E-state index contributed by atoms with van der Waals surface area (Å²) in [7, 11) is 1.67. The molecule has 1 aliphatic rings. The van der Waals surface area contributed by atoms with Gasteiger partial charge in [-0.2, -0.15) is 13.2 Å². The molecule has 0 unspecified atom stereocenters. The van der Waals surface area contributed by atoms with Crippen molar-refractivity contribution in [3.63, 3.8) is 0 Å². The molecular weight excluding hydrogens is 319 g/mol. The van der Waals surface area contributed by atoms with E-state index in [9.17, 15) is 13.2 Å². The van der Waals surface area contributed by atoms with Gasteiger partial charge >= 0.3 is 6.18 Å². The Kier molecular flexibility index (Phi) is 6.34. The Bertz CT molecular complexity index is 569. The van der Waals surface area contributed by atoms with Gasteiger partial charge in [-0.1, -0.05) is 25.0 Å². The number of guanidine groups is 1. The smallest absolute Gasteiger partial charge is 0.422 e. The topological polar surface area (TPSA) is 45.7 Å². The molecule has 0 heterocycles. The third kappa shape index (κ3) is 6.68. The molecule has 0 saturated heterocycles. The zero-order chi connectivity index (χ0) is 17.6. The van der Waals surface area contributed by atoms with Gasteiger partial charge < -0.3 is 15.4 Å². The zero-order valence-corrected chi connectivity index (χ0v) is 14.0. The van der Waals surface area contributed by atoms with Crippen LogP contribution in [0.15, 0.2) is 23.2 Å². The molecule has 1 fully saturated rings. The van der Waals surface area contributed by atoms with E-state index in [2.05, 4.69) is 15.6 Å². The minimum absolute atomic E-state index is 0.244. The van der Waals surface area contributed by atoms with Crippen molar-refractivity contribution < 1.29 is 17.9 Å². The molecule has 2 N–H and O–H groups in total. The van der Waals surface area contributed by atoms with Gasteiger partial charge in [-0.15, -0.1) is 0 Å². The molecule has 7 heteroatoms. The minimum Gasteiger partial charge on any atom is -0.484 e. The molecular formula is C17H24F3N3O. The summed E-state index contributed by atoms with van der Waals surface area (Å²) < 4.78 is 42.1. The lowest BCUT2D eigenvalue weighted by atomic mass is 10.1. The van der Waals surface area contributed by atoms with E-state index in [-0.39, 0.29) is 5.75 Å². The van der Waals surface area contributed by atoms with Gasteiger partial charge in [0, 0.05) is 25.7 Å². The monoisotopic (exact) mass is 343 g/mol. The van der Waals surface area contributed by atoms with Crippen LogP contribution in [-0.4, -0.2) is 32.3 Å². The molecule has 0 amide bonds. The van der Waals surface area contributed by atoms with E-state index in [1.54, 1.807) is 19.2 Å². The summed E-state index contributed by atoms with van der Waals surface area (Å²) in [5.41, 5.74) is 1.51. The van der Waals surface area contributed by atoms with Crippen LogP contribution in [0.4, 0.5) is 13.2 Å². The van der Waals surface area contributed by atoms with E-state index >= 15 is 0 Å². The van der Waals surface area contributed by atoms with Crippen LogP contribution in [0, 0.1) is 12.8 Å². The fourth-order valence-electron chi connectivity index (χ4n) is 2.30. The van der Waals surface area contributed by atoms with Crippen LogP contribution in [0.5, 0.6) is 5.75 Å². The van der Waals surface area contributed by atoms with Crippen molar-refractivity contribution >= 4 is 5.96 Å². The first-order valence-corrected chi connectivity index (χ1v) is 8.11. The SMILES string of the molecule is CN=C(NCCC1CC1)NCc1ccc(C)cc1OCC(F)(F)F. The molecule has 1 aliphatic carbocycles. The lowest BCUT2D eigenvalue weighted by Gasteiger charge is -2.16. The van der Waals surface area contributed by atoms with Crippen molar-refractivity contribution in [3.05, 3.63) is 29.3 Å². The number of benzene rings is 1. The second kappa shape index (κ2) is 8.26. The maximum atomic E-state index is 12.4. The first-order chi connectivity index (χ1) is 11.4. The number of nitrogens with one attached hydrogen (secondary N) is 2. The second-order valence-electron chi connectivity index (χ2n) is 6.10. The highest BCUT2D eigenvalue weighted by molar-refractivity contribution is 5.79. The summed E-state index contributed by atoms with van der Waals surface area (Å²) in [5.74, 6) is 1.71. The molecule has 1 aromatic rings. The summed E-state index contributed by atoms with van der Waals surface area (Å²) in [6, 6.07) is 5.23. The van der Waals surface area contributed by atoms with Gasteiger partial charge in [-0.25, -0.2) is 0 Å². The fourth-order valence-corrected chi connectivity index (χ4v) is 2.30. The first kappa shape index (κ1) is 18.4. The summed E-state index contributed by atoms with van der Waals surface area (Å²) in [6.45, 7) is 1.71. The molecule has 134 valence electrons. The molecule has 0 atom stereocenters. The molecule has 0 aliphatic heterocycles. The van der Waals surface area contributed by atoms with Crippen molar-refractivity contribution in [3.8, 4) is 5.75 Å². The minimum atomic E-state index is -4.35. The third-order valence-electron chi connectivity index (χ3n) is 3.83. The van der Waals surface area contributed by atoms with Gasteiger partial charge in [0.05, 0.1) is 0 Å². The van der Waals surface area contributed by atoms with Gasteiger partial charge in [-0.05, 0) is 30.9 Å². The highest BCUT2D eigenvalue weighted by atomic mass is 19.4. The number of halogens is 3. The zero-order valence-electron chi connectivity index (χ0n) is 14.0. The second-order valence-corrected chi connectivity index (χ2v) is 6.10. The van der Waals surface area contributed by atoms with Crippen LogP contribution in [0.25, 0.3) is 0 Å². The van der Waals surface area contributed by atoms with E-state index in [1.165, 1.54) is 12.8 Å². The average molecular weight is 343 g/mol. The first-order valence-electron chi connectivity index (χ1n) is 8.11. The predicted molar refractivity (Wildman–Crippen MR) is 88.3 cm³/mol. The van der Waals surface area contributed by atoms with Crippen LogP contribution in [-0.2, 0) is 6.54 Å². The van der Waals surface area contributed by atoms with Crippen LogP contribution in [0.3, 0.4) is 0 Å². The van der Waals surface area contributed by atoms with Crippen LogP contribution in [0.2, 0.25) is 0 Å². The Morgan fingerprint density at radius 3 is 2.67 bits per heavy atom.